The van der Waals surface area contributed by atoms with E-state index in [-0.39, 0.29) is 0 Å². The van der Waals surface area contributed by atoms with Crippen LogP contribution in [0.3, 0.4) is 0 Å². The Hall–Kier alpha value is -1.36. The van der Waals surface area contributed by atoms with Crippen molar-refractivity contribution in [2.75, 3.05) is 0 Å². The zero-order valence-electron chi connectivity index (χ0n) is 6.98. The maximum absolute atomic E-state index is 12.5. The molecule has 14 heavy (non-hydrogen) atoms. The van der Waals surface area contributed by atoms with E-state index in [1.165, 1.54) is 6.20 Å². The molecular formula is C9H5BrFN3. The zero-order chi connectivity index (χ0) is 9.97. The van der Waals surface area contributed by atoms with Gasteiger partial charge in [0.05, 0.1) is 18.1 Å². The lowest BCUT2D eigenvalue weighted by atomic mass is 10.3. The van der Waals surface area contributed by atoms with Crippen molar-refractivity contribution in [3.8, 4) is 11.4 Å². The highest BCUT2D eigenvalue weighted by molar-refractivity contribution is 9.10. The molecule has 0 saturated carbocycles. The van der Waals surface area contributed by atoms with Gasteiger partial charge in [0, 0.05) is 0 Å². The molecule has 0 spiro atoms. The fourth-order valence-corrected chi connectivity index (χ4v) is 1.34. The number of aromatic nitrogens is 3. The molecule has 2 aromatic heterocycles. The van der Waals surface area contributed by atoms with E-state index in [1.807, 2.05) is 6.07 Å². The molecule has 0 radical (unpaired) electrons. The maximum atomic E-state index is 12.5. The largest absolute Gasteiger partial charge is 0.248 e. The molecule has 0 N–H and O–H groups in total. The van der Waals surface area contributed by atoms with E-state index in [0.29, 0.717) is 16.0 Å². The van der Waals surface area contributed by atoms with Crippen LogP contribution in [0.15, 0.2) is 35.2 Å². The van der Waals surface area contributed by atoms with Crippen LogP contribution in [0.5, 0.6) is 0 Å². The molecule has 0 unspecified atom stereocenters. The average Bonchev–Trinajstić information content (AvgIpc) is 2.19. The van der Waals surface area contributed by atoms with E-state index < -0.39 is 5.95 Å². The normalized spacial score (nSPS) is 10.1. The van der Waals surface area contributed by atoms with Crippen molar-refractivity contribution >= 4 is 15.9 Å². The monoisotopic (exact) mass is 253 g/mol. The predicted octanol–water partition coefficient (Wildman–Crippen LogP) is 2.44. The summed E-state index contributed by atoms with van der Waals surface area (Å²) in [6.07, 6.45) is 2.42. The molecule has 2 rings (SSSR count). The summed E-state index contributed by atoms with van der Waals surface area (Å²) >= 11 is 3.24. The van der Waals surface area contributed by atoms with Gasteiger partial charge in [-0.2, -0.15) is 4.39 Å². The highest BCUT2D eigenvalue weighted by Crippen LogP contribution is 2.15. The predicted molar refractivity (Wildman–Crippen MR) is 52.9 cm³/mol. The van der Waals surface area contributed by atoms with Crippen molar-refractivity contribution in [1.82, 2.24) is 15.0 Å². The van der Waals surface area contributed by atoms with E-state index in [0.717, 1.165) is 6.20 Å². The topological polar surface area (TPSA) is 38.7 Å². The summed E-state index contributed by atoms with van der Waals surface area (Å²) in [7, 11) is 0. The Labute approximate surface area is 88.2 Å². The molecule has 0 aliphatic rings. The van der Waals surface area contributed by atoms with Crippen LogP contribution in [0.1, 0.15) is 0 Å². The van der Waals surface area contributed by atoms with Gasteiger partial charge in [-0.3, -0.25) is 0 Å². The van der Waals surface area contributed by atoms with Crippen molar-refractivity contribution < 1.29 is 4.39 Å². The Morgan fingerprint density at radius 3 is 2.57 bits per heavy atom. The minimum absolute atomic E-state index is 0.549. The molecular weight excluding hydrogens is 249 g/mol. The third kappa shape index (κ3) is 1.93. The highest BCUT2D eigenvalue weighted by atomic mass is 79.9. The van der Waals surface area contributed by atoms with Gasteiger partial charge in [0.1, 0.15) is 10.3 Å². The third-order valence-corrected chi connectivity index (χ3v) is 2.04. The van der Waals surface area contributed by atoms with Crippen molar-refractivity contribution in [3.05, 3.63) is 41.1 Å². The first-order valence-corrected chi connectivity index (χ1v) is 4.65. The molecule has 0 atom stereocenters. The van der Waals surface area contributed by atoms with Gasteiger partial charge in [-0.1, -0.05) is 6.07 Å². The first-order valence-electron chi connectivity index (χ1n) is 3.86. The Kier molecular flexibility index (Phi) is 2.49. The second-order valence-corrected chi connectivity index (χ2v) is 3.38. The summed E-state index contributed by atoms with van der Waals surface area (Å²) < 4.78 is 13.2. The van der Waals surface area contributed by atoms with Gasteiger partial charge in [0.2, 0.25) is 5.95 Å². The molecule has 2 heterocycles. The van der Waals surface area contributed by atoms with Crippen molar-refractivity contribution in [2.45, 2.75) is 0 Å². The molecule has 0 aromatic carbocycles. The average molecular weight is 254 g/mol. The van der Waals surface area contributed by atoms with Gasteiger partial charge in [-0.25, -0.2) is 15.0 Å². The lowest BCUT2D eigenvalue weighted by Crippen LogP contribution is -1.90. The van der Waals surface area contributed by atoms with Gasteiger partial charge in [-0.05, 0) is 28.1 Å². The summed E-state index contributed by atoms with van der Waals surface area (Å²) in [5, 5.41) is 0. The molecule has 0 aliphatic carbocycles. The summed E-state index contributed by atoms with van der Waals surface area (Å²) in [6.45, 7) is 0. The Bertz CT molecular complexity index is 444. The first-order chi connectivity index (χ1) is 6.75. The van der Waals surface area contributed by atoms with E-state index in [1.54, 1.807) is 12.1 Å². The van der Waals surface area contributed by atoms with Crippen LogP contribution in [0.4, 0.5) is 4.39 Å². The van der Waals surface area contributed by atoms with Gasteiger partial charge in [0.25, 0.3) is 0 Å². The molecule has 0 amide bonds. The van der Waals surface area contributed by atoms with Crippen LogP contribution < -0.4 is 0 Å². The van der Waals surface area contributed by atoms with Crippen LogP contribution in [-0.2, 0) is 0 Å². The Morgan fingerprint density at radius 2 is 1.93 bits per heavy atom. The number of hydrogen-bond acceptors (Lipinski definition) is 3. The standard InChI is InChI=1S/C9H5BrFN3/c10-8-3-1-2-6(14-8)7-4-13-9(11)5-12-7/h1-5H. The highest BCUT2D eigenvalue weighted by Gasteiger charge is 2.01. The van der Waals surface area contributed by atoms with Crippen molar-refractivity contribution in [3.63, 3.8) is 0 Å². The first kappa shape index (κ1) is 9.21. The second-order valence-electron chi connectivity index (χ2n) is 2.57. The van der Waals surface area contributed by atoms with E-state index >= 15 is 0 Å². The molecule has 0 aliphatic heterocycles. The van der Waals surface area contributed by atoms with E-state index in [9.17, 15) is 4.39 Å². The van der Waals surface area contributed by atoms with Gasteiger partial charge >= 0.3 is 0 Å². The molecule has 0 bridgehead atoms. The number of hydrogen-bond donors (Lipinski definition) is 0. The zero-order valence-corrected chi connectivity index (χ0v) is 8.57. The number of pyridine rings is 1. The SMILES string of the molecule is Fc1cnc(-c2cccc(Br)n2)cn1. The van der Waals surface area contributed by atoms with Crippen LogP contribution in [0.25, 0.3) is 11.4 Å². The van der Waals surface area contributed by atoms with Crippen LogP contribution >= 0.6 is 15.9 Å². The van der Waals surface area contributed by atoms with Crippen LogP contribution in [-0.4, -0.2) is 15.0 Å². The fourth-order valence-electron chi connectivity index (χ4n) is 0.995. The molecule has 2 aromatic rings. The summed E-state index contributed by atoms with van der Waals surface area (Å²) in [5.74, 6) is -0.594. The molecule has 3 nitrogen and oxygen atoms in total. The Balaban J connectivity index is 2.44. The molecule has 5 heteroatoms. The number of halogens is 2. The van der Waals surface area contributed by atoms with Crippen molar-refractivity contribution in [1.29, 1.82) is 0 Å². The number of nitrogens with zero attached hydrogens (tertiary/aromatic N) is 3. The number of rotatable bonds is 1. The van der Waals surface area contributed by atoms with Gasteiger partial charge in [0.15, 0.2) is 0 Å². The minimum Gasteiger partial charge on any atom is -0.248 e. The lowest BCUT2D eigenvalue weighted by molar-refractivity contribution is 0.577. The summed E-state index contributed by atoms with van der Waals surface area (Å²) in [6, 6.07) is 5.42. The Morgan fingerprint density at radius 1 is 1.07 bits per heavy atom. The smallest absolute Gasteiger partial charge is 0.231 e. The van der Waals surface area contributed by atoms with Crippen LogP contribution in [0.2, 0.25) is 0 Å². The quantitative estimate of drug-likeness (QED) is 0.733. The molecule has 70 valence electrons. The molecule has 0 fully saturated rings. The van der Waals surface area contributed by atoms with Gasteiger partial charge < -0.3 is 0 Å². The van der Waals surface area contributed by atoms with E-state index in [2.05, 4.69) is 30.9 Å². The van der Waals surface area contributed by atoms with Crippen molar-refractivity contribution in [2.24, 2.45) is 0 Å². The lowest BCUT2D eigenvalue weighted by Gasteiger charge is -1.98. The van der Waals surface area contributed by atoms with E-state index in [4.69, 9.17) is 0 Å². The fraction of sp³-hybridized carbons (Fsp3) is 0. The summed E-state index contributed by atoms with van der Waals surface area (Å²) in [4.78, 5) is 11.5. The maximum Gasteiger partial charge on any atom is 0.231 e. The summed E-state index contributed by atoms with van der Waals surface area (Å²) in [5.41, 5.74) is 1.21. The minimum atomic E-state index is -0.594. The second kappa shape index (κ2) is 3.79. The van der Waals surface area contributed by atoms with Gasteiger partial charge in [-0.15, -0.1) is 0 Å². The van der Waals surface area contributed by atoms with Crippen LogP contribution in [0, 0.1) is 5.95 Å². The third-order valence-electron chi connectivity index (χ3n) is 1.60. The molecule has 0 saturated heterocycles.